The molecule has 0 fully saturated rings. The Morgan fingerprint density at radius 1 is 1.44 bits per heavy atom. The highest BCUT2D eigenvalue weighted by Gasteiger charge is 2.15. The van der Waals surface area contributed by atoms with Gasteiger partial charge in [-0.15, -0.1) is 11.3 Å². The fourth-order valence-electron chi connectivity index (χ4n) is 2.03. The average molecular weight is 326 g/mol. The second-order valence-electron chi connectivity index (χ2n) is 4.13. The Kier molecular flexibility index (Phi) is 3.37. The van der Waals surface area contributed by atoms with Crippen LogP contribution in [-0.4, -0.2) is 23.3 Å². The van der Waals surface area contributed by atoms with Gasteiger partial charge >= 0.3 is 0 Å². The standard InChI is InChI=1S/C13H12BrNO2S/c14-12-11(3-5-16)18-13(15-12)9-1-2-10-8(7-9)4-6-17-10/h1-2,7,16H,3-6H2. The van der Waals surface area contributed by atoms with Gasteiger partial charge in [0.1, 0.15) is 15.4 Å². The van der Waals surface area contributed by atoms with Crippen LogP contribution in [0.1, 0.15) is 10.4 Å². The largest absolute Gasteiger partial charge is 0.493 e. The summed E-state index contributed by atoms with van der Waals surface area (Å²) in [5, 5.41) is 9.98. The highest BCUT2D eigenvalue weighted by atomic mass is 79.9. The number of nitrogens with zero attached hydrogens (tertiary/aromatic N) is 1. The summed E-state index contributed by atoms with van der Waals surface area (Å²) in [6, 6.07) is 6.20. The van der Waals surface area contributed by atoms with Crippen LogP contribution in [0.3, 0.4) is 0 Å². The molecule has 0 unspecified atom stereocenters. The van der Waals surface area contributed by atoms with Crippen LogP contribution in [0.15, 0.2) is 22.8 Å². The van der Waals surface area contributed by atoms with Crippen molar-refractivity contribution in [2.45, 2.75) is 12.8 Å². The van der Waals surface area contributed by atoms with Gasteiger partial charge in [-0.05, 0) is 39.7 Å². The van der Waals surface area contributed by atoms with E-state index in [1.165, 1.54) is 5.56 Å². The van der Waals surface area contributed by atoms with Gasteiger partial charge in [-0.1, -0.05) is 0 Å². The first-order valence-electron chi connectivity index (χ1n) is 5.80. The zero-order valence-corrected chi connectivity index (χ0v) is 12.1. The van der Waals surface area contributed by atoms with Crippen molar-refractivity contribution >= 4 is 27.3 Å². The molecule has 18 heavy (non-hydrogen) atoms. The number of hydrogen-bond donors (Lipinski definition) is 1. The number of aromatic nitrogens is 1. The van der Waals surface area contributed by atoms with Crippen molar-refractivity contribution in [3.63, 3.8) is 0 Å². The van der Waals surface area contributed by atoms with Gasteiger partial charge in [0.05, 0.1) is 6.61 Å². The van der Waals surface area contributed by atoms with Crippen molar-refractivity contribution in [1.29, 1.82) is 0 Å². The van der Waals surface area contributed by atoms with E-state index in [-0.39, 0.29) is 6.61 Å². The minimum Gasteiger partial charge on any atom is -0.493 e. The van der Waals surface area contributed by atoms with Gasteiger partial charge in [0.25, 0.3) is 0 Å². The van der Waals surface area contributed by atoms with Crippen molar-refractivity contribution in [2.75, 3.05) is 13.2 Å². The number of hydrogen-bond acceptors (Lipinski definition) is 4. The van der Waals surface area contributed by atoms with E-state index in [9.17, 15) is 0 Å². The zero-order chi connectivity index (χ0) is 12.5. The van der Waals surface area contributed by atoms with Crippen LogP contribution in [0.25, 0.3) is 10.6 Å². The molecule has 0 atom stereocenters. The van der Waals surface area contributed by atoms with Crippen molar-refractivity contribution in [1.82, 2.24) is 4.98 Å². The molecule has 3 rings (SSSR count). The molecule has 0 radical (unpaired) electrons. The lowest BCUT2D eigenvalue weighted by atomic mass is 10.1. The van der Waals surface area contributed by atoms with Crippen LogP contribution < -0.4 is 4.74 Å². The monoisotopic (exact) mass is 325 g/mol. The Morgan fingerprint density at radius 3 is 3.17 bits per heavy atom. The molecule has 0 spiro atoms. The Balaban J connectivity index is 1.97. The first-order chi connectivity index (χ1) is 8.78. The minimum atomic E-state index is 0.151. The highest BCUT2D eigenvalue weighted by molar-refractivity contribution is 9.10. The first kappa shape index (κ1) is 12.1. The van der Waals surface area contributed by atoms with Gasteiger partial charge in [0.15, 0.2) is 0 Å². The van der Waals surface area contributed by atoms with Crippen LogP contribution in [0, 0.1) is 0 Å². The van der Waals surface area contributed by atoms with E-state index in [1.807, 2.05) is 12.1 Å². The Labute approximate surface area is 118 Å². The summed E-state index contributed by atoms with van der Waals surface area (Å²) in [4.78, 5) is 5.60. The topological polar surface area (TPSA) is 42.4 Å². The quantitative estimate of drug-likeness (QED) is 0.943. The van der Waals surface area contributed by atoms with Crippen LogP contribution in [0.4, 0.5) is 0 Å². The van der Waals surface area contributed by atoms with Crippen LogP contribution in [0.2, 0.25) is 0 Å². The van der Waals surface area contributed by atoms with Gasteiger partial charge in [-0.3, -0.25) is 0 Å². The lowest BCUT2D eigenvalue weighted by Crippen LogP contribution is -1.86. The molecule has 3 nitrogen and oxygen atoms in total. The van der Waals surface area contributed by atoms with Gasteiger partial charge in [0.2, 0.25) is 0 Å². The van der Waals surface area contributed by atoms with E-state index >= 15 is 0 Å². The first-order valence-corrected chi connectivity index (χ1v) is 7.41. The maximum atomic E-state index is 8.99. The number of aliphatic hydroxyl groups excluding tert-OH is 1. The van der Waals surface area contributed by atoms with Gasteiger partial charge in [0, 0.05) is 29.9 Å². The van der Waals surface area contributed by atoms with Crippen LogP contribution in [-0.2, 0) is 12.8 Å². The Bertz CT molecular complexity index is 582. The van der Waals surface area contributed by atoms with Crippen molar-refractivity contribution in [3.8, 4) is 16.3 Å². The van der Waals surface area contributed by atoms with Crippen LogP contribution in [0.5, 0.6) is 5.75 Å². The number of halogens is 1. The SMILES string of the molecule is OCCc1sc(-c2ccc3c(c2)CCO3)nc1Br. The minimum absolute atomic E-state index is 0.151. The lowest BCUT2D eigenvalue weighted by Gasteiger charge is -2.00. The number of fused-ring (bicyclic) bond motifs is 1. The second kappa shape index (κ2) is 4.99. The summed E-state index contributed by atoms with van der Waals surface area (Å²) in [7, 11) is 0. The highest BCUT2D eigenvalue weighted by Crippen LogP contribution is 2.35. The van der Waals surface area contributed by atoms with E-state index in [2.05, 4.69) is 27.0 Å². The van der Waals surface area contributed by atoms with Gasteiger partial charge < -0.3 is 9.84 Å². The summed E-state index contributed by atoms with van der Waals surface area (Å²) < 4.78 is 6.34. The molecule has 5 heteroatoms. The van der Waals surface area contributed by atoms with Crippen molar-refractivity contribution in [2.24, 2.45) is 0 Å². The molecule has 1 aliphatic rings. The number of benzene rings is 1. The fourth-order valence-corrected chi connectivity index (χ4v) is 3.71. The molecule has 0 saturated carbocycles. The third kappa shape index (κ3) is 2.18. The molecule has 0 amide bonds. The smallest absolute Gasteiger partial charge is 0.124 e. The van der Waals surface area contributed by atoms with E-state index in [4.69, 9.17) is 9.84 Å². The Morgan fingerprint density at radius 2 is 2.33 bits per heavy atom. The molecular weight excluding hydrogens is 314 g/mol. The molecule has 94 valence electrons. The molecule has 1 aliphatic heterocycles. The van der Waals surface area contributed by atoms with Crippen LogP contribution >= 0.6 is 27.3 Å². The Hall–Kier alpha value is -0.910. The summed E-state index contributed by atoms with van der Waals surface area (Å²) in [6.07, 6.45) is 1.62. The summed E-state index contributed by atoms with van der Waals surface area (Å²) in [5.74, 6) is 0.991. The molecule has 0 bridgehead atoms. The maximum absolute atomic E-state index is 8.99. The predicted octanol–water partition coefficient (Wildman–Crippen LogP) is 3.04. The number of ether oxygens (including phenoxy) is 1. The molecule has 1 aromatic carbocycles. The van der Waals surface area contributed by atoms with E-state index in [0.717, 1.165) is 38.8 Å². The maximum Gasteiger partial charge on any atom is 0.124 e. The third-order valence-electron chi connectivity index (χ3n) is 2.92. The summed E-state index contributed by atoms with van der Waals surface area (Å²) >= 11 is 5.07. The normalized spacial score (nSPS) is 13.4. The average Bonchev–Trinajstić information content (AvgIpc) is 2.96. The second-order valence-corrected chi connectivity index (χ2v) is 5.96. The lowest BCUT2D eigenvalue weighted by molar-refractivity contribution is 0.300. The molecule has 1 N–H and O–H groups in total. The number of aliphatic hydroxyl groups is 1. The fraction of sp³-hybridized carbons (Fsp3) is 0.308. The molecule has 2 heterocycles. The summed E-state index contributed by atoms with van der Waals surface area (Å²) in [6.45, 7) is 0.925. The van der Waals surface area contributed by atoms with E-state index in [0.29, 0.717) is 6.42 Å². The van der Waals surface area contributed by atoms with Crippen molar-refractivity contribution < 1.29 is 9.84 Å². The van der Waals surface area contributed by atoms with E-state index in [1.54, 1.807) is 11.3 Å². The van der Waals surface area contributed by atoms with Crippen molar-refractivity contribution in [3.05, 3.63) is 33.2 Å². The summed E-state index contributed by atoms with van der Waals surface area (Å²) in [5.41, 5.74) is 2.37. The zero-order valence-electron chi connectivity index (χ0n) is 9.65. The third-order valence-corrected chi connectivity index (χ3v) is 5.01. The molecular formula is C13H12BrNO2S. The van der Waals surface area contributed by atoms with Gasteiger partial charge in [-0.25, -0.2) is 4.98 Å². The predicted molar refractivity (Wildman–Crippen MR) is 75.2 cm³/mol. The number of thiazole rings is 1. The number of rotatable bonds is 3. The van der Waals surface area contributed by atoms with E-state index < -0.39 is 0 Å². The molecule has 2 aromatic rings. The molecule has 0 saturated heterocycles. The molecule has 0 aliphatic carbocycles. The van der Waals surface area contributed by atoms with Gasteiger partial charge in [-0.2, -0.15) is 0 Å². The molecule has 1 aromatic heterocycles.